The highest BCUT2D eigenvalue weighted by Gasteiger charge is 2.28. The standard InChI is InChI=1S/C18H23N3O4/c22-17(19-9-3-1-4-10-19)14-7-8-15(16(13-14)21(24)25)18(23)20-11-5-2-6-12-20/h7-8,13H,1-6,9-12H2. The van der Waals surface area contributed by atoms with Crippen LogP contribution >= 0.6 is 0 Å². The molecule has 0 atom stereocenters. The quantitative estimate of drug-likeness (QED) is 0.623. The van der Waals surface area contributed by atoms with Gasteiger partial charge in [-0.25, -0.2) is 0 Å². The maximum Gasteiger partial charge on any atom is 0.282 e. The minimum absolute atomic E-state index is 0.0714. The highest BCUT2D eigenvalue weighted by atomic mass is 16.6. The average Bonchev–Trinajstić information content (AvgIpc) is 2.67. The molecule has 7 nitrogen and oxygen atoms in total. The van der Waals surface area contributed by atoms with Crippen molar-refractivity contribution >= 4 is 17.5 Å². The minimum Gasteiger partial charge on any atom is -0.339 e. The second kappa shape index (κ2) is 7.63. The Bertz CT molecular complexity index is 677. The van der Waals surface area contributed by atoms with Gasteiger partial charge in [0.1, 0.15) is 5.56 Å². The van der Waals surface area contributed by atoms with E-state index in [-0.39, 0.29) is 28.6 Å². The zero-order chi connectivity index (χ0) is 17.8. The summed E-state index contributed by atoms with van der Waals surface area (Å²) in [5, 5.41) is 11.5. The average molecular weight is 345 g/mol. The van der Waals surface area contributed by atoms with Crippen molar-refractivity contribution in [3.63, 3.8) is 0 Å². The molecule has 0 N–H and O–H groups in total. The van der Waals surface area contributed by atoms with Crippen LogP contribution in [-0.2, 0) is 0 Å². The molecule has 0 saturated carbocycles. The van der Waals surface area contributed by atoms with E-state index in [9.17, 15) is 19.7 Å². The van der Waals surface area contributed by atoms with Crippen molar-refractivity contribution in [2.75, 3.05) is 26.2 Å². The number of hydrogen-bond acceptors (Lipinski definition) is 4. The third kappa shape index (κ3) is 3.81. The Balaban J connectivity index is 1.86. The number of nitro groups is 1. The number of benzene rings is 1. The molecular weight excluding hydrogens is 322 g/mol. The van der Waals surface area contributed by atoms with E-state index >= 15 is 0 Å². The number of carbonyl (C=O) groups is 2. The Hall–Kier alpha value is -2.44. The summed E-state index contributed by atoms with van der Waals surface area (Å²) in [4.78, 5) is 39.5. The van der Waals surface area contributed by atoms with E-state index in [1.165, 1.54) is 12.1 Å². The molecule has 25 heavy (non-hydrogen) atoms. The van der Waals surface area contributed by atoms with Gasteiger partial charge in [-0.15, -0.1) is 0 Å². The van der Waals surface area contributed by atoms with Gasteiger partial charge in [-0.05, 0) is 50.7 Å². The van der Waals surface area contributed by atoms with Gasteiger partial charge in [0.2, 0.25) is 0 Å². The molecule has 2 fully saturated rings. The fraction of sp³-hybridized carbons (Fsp3) is 0.556. The normalized spacial score (nSPS) is 18.1. The van der Waals surface area contributed by atoms with Crippen LogP contribution in [0.15, 0.2) is 18.2 Å². The predicted octanol–water partition coefficient (Wildman–Crippen LogP) is 2.85. The number of hydrogen-bond donors (Lipinski definition) is 0. The first-order valence-corrected chi connectivity index (χ1v) is 8.95. The number of likely N-dealkylation sites (tertiary alicyclic amines) is 2. The Kier molecular flexibility index (Phi) is 5.31. The van der Waals surface area contributed by atoms with E-state index in [0.29, 0.717) is 26.2 Å². The Morgan fingerprint density at radius 1 is 0.840 bits per heavy atom. The molecule has 0 spiro atoms. The summed E-state index contributed by atoms with van der Waals surface area (Å²) in [5.41, 5.74) is 0.0734. The number of nitrogens with zero attached hydrogens (tertiary/aromatic N) is 3. The molecule has 2 aliphatic rings. The summed E-state index contributed by atoms with van der Waals surface area (Å²) < 4.78 is 0. The molecule has 0 radical (unpaired) electrons. The van der Waals surface area contributed by atoms with Gasteiger partial charge < -0.3 is 9.80 Å². The van der Waals surface area contributed by atoms with E-state index in [0.717, 1.165) is 38.5 Å². The molecule has 7 heteroatoms. The summed E-state index contributed by atoms with van der Waals surface area (Å²) in [6.45, 7) is 2.62. The Morgan fingerprint density at radius 2 is 1.36 bits per heavy atom. The molecule has 0 aromatic heterocycles. The Morgan fingerprint density at radius 3 is 1.88 bits per heavy atom. The van der Waals surface area contributed by atoms with E-state index in [4.69, 9.17) is 0 Å². The zero-order valence-electron chi connectivity index (χ0n) is 14.3. The van der Waals surface area contributed by atoms with Crippen LogP contribution in [0.25, 0.3) is 0 Å². The lowest BCUT2D eigenvalue weighted by Crippen LogP contribution is -2.36. The molecule has 2 heterocycles. The Labute approximate surface area is 146 Å². The van der Waals surface area contributed by atoms with Crippen LogP contribution in [-0.4, -0.2) is 52.7 Å². The summed E-state index contributed by atoms with van der Waals surface area (Å²) in [7, 11) is 0. The number of rotatable bonds is 3. The molecule has 1 aromatic carbocycles. The maximum absolute atomic E-state index is 12.6. The zero-order valence-corrected chi connectivity index (χ0v) is 14.3. The monoisotopic (exact) mass is 345 g/mol. The molecule has 2 saturated heterocycles. The third-order valence-corrected chi connectivity index (χ3v) is 4.96. The van der Waals surface area contributed by atoms with Gasteiger partial charge in [-0.3, -0.25) is 19.7 Å². The van der Waals surface area contributed by atoms with Crippen molar-refractivity contribution < 1.29 is 14.5 Å². The van der Waals surface area contributed by atoms with Crippen LogP contribution in [0.1, 0.15) is 59.2 Å². The first-order valence-electron chi connectivity index (χ1n) is 8.95. The third-order valence-electron chi connectivity index (χ3n) is 4.96. The minimum atomic E-state index is -0.565. The van der Waals surface area contributed by atoms with Gasteiger partial charge in [0.25, 0.3) is 17.5 Å². The largest absolute Gasteiger partial charge is 0.339 e. The summed E-state index contributed by atoms with van der Waals surface area (Å²) in [6, 6.07) is 4.24. The molecule has 2 aliphatic heterocycles. The van der Waals surface area contributed by atoms with Crippen LogP contribution < -0.4 is 0 Å². The molecule has 1 aromatic rings. The molecule has 134 valence electrons. The number of piperidine rings is 2. The van der Waals surface area contributed by atoms with Gasteiger partial charge in [0.15, 0.2) is 0 Å². The summed E-state index contributed by atoms with van der Waals surface area (Å²) in [6.07, 6.45) is 5.94. The topological polar surface area (TPSA) is 83.8 Å². The highest BCUT2D eigenvalue weighted by Crippen LogP contribution is 2.25. The van der Waals surface area contributed by atoms with Crippen LogP contribution in [0, 0.1) is 10.1 Å². The second-order valence-corrected chi connectivity index (χ2v) is 6.69. The number of amides is 2. The second-order valence-electron chi connectivity index (χ2n) is 6.69. The fourth-order valence-corrected chi connectivity index (χ4v) is 3.54. The lowest BCUT2D eigenvalue weighted by atomic mass is 10.0. The van der Waals surface area contributed by atoms with Gasteiger partial charge in [-0.2, -0.15) is 0 Å². The van der Waals surface area contributed by atoms with E-state index in [2.05, 4.69) is 0 Å². The molecule has 0 aliphatic carbocycles. The summed E-state index contributed by atoms with van der Waals surface area (Å²) in [5.74, 6) is -0.511. The lowest BCUT2D eigenvalue weighted by molar-refractivity contribution is -0.385. The maximum atomic E-state index is 12.6. The van der Waals surface area contributed by atoms with Crippen LogP contribution in [0.5, 0.6) is 0 Å². The van der Waals surface area contributed by atoms with Gasteiger partial charge in [0, 0.05) is 37.8 Å². The highest BCUT2D eigenvalue weighted by molar-refractivity contribution is 6.01. The first-order chi connectivity index (χ1) is 12.1. The number of carbonyl (C=O) groups excluding carboxylic acids is 2. The molecular formula is C18H23N3O4. The van der Waals surface area contributed by atoms with E-state index in [1.807, 2.05) is 0 Å². The van der Waals surface area contributed by atoms with Crippen molar-refractivity contribution in [2.24, 2.45) is 0 Å². The smallest absolute Gasteiger partial charge is 0.282 e. The van der Waals surface area contributed by atoms with Crippen molar-refractivity contribution in [3.05, 3.63) is 39.4 Å². The van der Waals surface area contributed by atoms with Gasteiger partial charge in [0.05, 0.1) is 4.92 Å². The van der Waals surface area contributed by atoms with Gasteiger partial charge in [-0.1, -0.05) is 0 Å². The van der Waals surface area contributed by atoms with Crippen molar-refractivity contribution in [1.29, 1.82) is 0 Å². The fourth-order valence-electron chi connectivity index (χ4n) is 3.54. The van der Waals surface area contributed by atoms with Crippen molar-refractivity contribution in [2.45, 2.75) is 38.5 Å². The van der Waals surface area contributed by atoms with E-state index in [1.54, 1.807) is 15.9 Å². The molecule has 0 unspecified atom stereocenters. The van der Waals surface area contributed by atoms with E-state index < -0.39 is 4.92 Å². The van der Waals surface area contributed by atoms with Crippen molar-refractivity contribution in [1.82, 2.24) is 9.80 Å². The van der Waals surface area contributed by atoms with Crippen LogP contribution in [0.2, 0.25) is 0 Å². The van der Waals surface area contributed by atoms with Gasteiger partial charge >= 0.3 is 0 Å². The number of nitro benzene ring substituents is 1. The van der Waals surface area contributed by atoms with Crippen LogP contribution in [0.4, 0.5) is 5.69 Å². The lowest BCUT2D eigenvalue weighted by Gasteiger charge is -2.27. The first kappa shape index (κ1) is 17.4. The molecule has 2 amide bonds. The molecule has 0 bridgehead atoms. The predicted molar refractivity (Wildman–Crippen MR) is 92.6 cm³/mol. The summed E-state index contributed by atoms with van der Waals surface area (Å²) >= 11 is 0. The van der Waals surface area contributed by atoms with Crippen LogP contribution in [0.3, 0.4) is 0 Å². The SMILES string of the molecule is O=C(c1ccc(C(=O)N2CCCCC2)c([N+](=O)[O-])c1)N1CCCCC1. The molecule has 3 rings (SSSR count). The van der Waals surface area contributed by atoms with Crippen molar-refractivity contribution in [3.8, 4) is 0 Å².